The maximum atomic E-state index is 13.1. The molecule has 1 aliphatic rings. The quantitative estimate of drug-likeness (QED) is 0.726. The Morgan fingerprint density at radius 3 is 2.43 bits per heavy atom. The van der Waals surface area contributed by atoms with E-state index in [9.17, 15) is 9.59 Å². The molecule has 3 rings (SSSR count). The number of nitrogens with zero attached hydrogens (tertiary/aromatic N) is 3. The Hall–Kier alpha value is -2.09. The molecule has 162 valence electrons. The molecule has 1 N–H and O–H groups in total. The summed E-state index contributed by atoms with van der Waals surface area (Å²) in [7, 11) is 0. The van der Waals surface area contributed by atoms with E-state index >= 15 is 0 Å². The van der Waals surface area contributed by atoms with Crippen LogP contribution in [0.1, 0.15) is 35.7 Å². The second-order valence-corrected chi connectivity index (χ2v) is 8.69. The fourth-order valence-electron chi connectivity index (χ4n) is 3.45. The second kappa shape index (κ2) is 9.81. The molecule has 1 aromatic carbocycles. The van der Waals surface area contributed by atoms with Gasteiger partial charge in [-0.2, -0.15) is 0 Å². The number of hydrogen-bond acceptors (Lipinski definition) is 5. The molecule has 2 heterocycles. The molecule has 2 amide bonds. The lowest BCUT2D eigenvalue weighted by Crippen LogP contribution is -2.56. The van der Waals surface area contributed by atoms with Gasteiger partial charge in [0, 0.05) is 43.8 Å². The van der Waals surface area contributed by atoms with E-state index in [4.69, 9.17) is 27.7 Å². The molecule has 30 heavy (non-hydrogen) atoms. The predicted molar refractivity (Wildman–Crippen MR) is 116 cm³/mol. The Morgan fingerprint density at radius 2 is 1.87 bits per heavy atom. The lowest BCUT2D eigenvalue weighted by atomic mass is 10.0. The molecule has 1 fully saturated rings. The molecule has 0 spiro atoms. The van der Waals surface area contributed by atoms with Crippen LogP contribution in [0.5, 0.6) is 0 Å². The van der Waals surface area contributed by atoms with Crippen molar-refractivity contribution in [3.63, 3.8) is 0 Å². The largest absolute Gasteiger partial charge is 0.361 e. The average Bonchev–Trinajstić information content (AvgIpc) is 3.10. The van der Waals surface area contributed by atoms with Crippen LogP contribution in [-0.2, 0) is 11.3 Å². The zero-order valence-electron chi connectivity index (χ0n) is 17.3. The van der Waals surface area contributed by atoms with Crippen molar-refractivity contribution < 1.29 is 14.1 Å². The first-order chi connectivity index (χ1) is 14.2. The summed E-state index contributed by atoms with van der Waals surface area (Å²) in [4.78, 5) is 29.9. The average molecular weight is 453 g/mol. The van der Waals surface area contributed by atoms with Gasteiger partial charge in [-0.25, -0.2) is 0 Å². The fourth-order valence-corrected chi connectivity index (χ4v) is 3.95. The van der Waals surface area contributed by atoms with Gasteiger partial charge in [0.1, 0.15) is 11.8 Å². The van der Waals surface area contributed by atoms with E-state index in [1.807, 2.05) is 26.8 Å². The van der Waals surface area contributed by atoms with Gasteiger partial charge in [0.2, 0.25) is 5.91 Å². The Balaban J connectivity index is 1.59. The summed E-state index contributed by atoms with van der Waals surface area (Å²) < 4.78 is 5.11. The standard InChI is InChI=1S/C21H26Cl2N4O3/c1-13(2)19(24-20(28)17-5-4-15(22)11-18(17)23)21(29)27-8-6-26(7-9-27)12-16-10-14(3)30-25-16/h4-5,10-11,13,19H,6-9,12H2,1-3H3,(H,24,28). The van der Waals surface area contributed by atoms with Gasteiger partial charge in [-0.1, -0.05) is 42.2 Å². The molecule has 9 heteroatoms. The first-order valence-corrected chi connectivity index (χ1v) is 10.7. The number of carbonyl (C=O) groups is 2. The monoisotopic (exact) mass is 452 g/mol. The van der Waals surface area contributed by atoms with E-state index in [0.29, 0.717) is 30.2 Å². The molecule has 0 aliphatic carbocycles. The number of rotatable bonds is 6. The number of piperazine rings is 1. The predicted octanol–water partition coefficient (Wildman–Crippen LogP) is 3.39. The van der Waals surface area contributed by atoms with Gasteiger partial charge in [0.05, 0.1) is 16.3 Å². The molecular weight excluding hydrogens is 427 g/mol. The van der Waals surface area contributed by atoms with Crippen LogP contribution in [0.3, 0.4) is 0 Å². The third-order valence-corrected chi connectivity index (χ3v) is 5.69. The molecule has 0 radical (unpaired) electrons. The molecule has 1 unspecified atom stereocenters. The number of benzene rings is 1. The summed E-state index contributed by atoms with van der Waals surface area (Å²) in [6, 6.07) is 5.97. The van der Waals surface area contributed by atoms with Gasteiger partial charge >= 0.3 is 0 Å². The summed E-state index contributed by atoms with van der Waals surface area (Å²) in [6.45, 7) is 9.04. The minimum Gasteiger partial charge on any atom is -0.361 e. The van der Waals surface area contributed by atoms with E-state index in [1.165, 1.54) is 6.07 Å². The van der Waals surface area contributed by atoms with Gasteiger partial charge in [-0.05, 0) is 31.0 Å². The molecular formula is C21H26Cl2N4O3. The van der Waals surface area contributed by atoms with Crippen LogP contribution < -0.4 is 5.32 Å². The second-order valence-electron chi connectivity index (χ2n) is 7.85. The normalized spacial score (nSPS) is 16.0. The van der Waals surface area contributed by atoms with Crippen molar-refractivity contribution >= 4 is 35.0 Å². The van der Waals surface area contributed by atoms with Gasteiger partial charge in [-0.15, -0.1) is 0 Å². The maximum Gasteiger partial charge on any atom is 0.253 e. The number of aromatic nitrogens is 1. The van der Waals surface area contributed by atoms with E-state index < -0.39 is 6.04 Å². The van der Waals surface area contributed by atoms with Crippen molar-refractivity contribution in [2.75, 3.05) is 26.2 Å². The van der Waals surface area contributed by atoms with Gasteiger partial charge < -0.3 is 14.7 Å². The van der Waals surface area contributed by atoms with Gasteiger partial charge in [0.15, 0.2) is 0 Å². The molecule has 7 nitrogen and oxygen atoms in total. The number of aryl methyl sites for hydroxylation is 1. The summed E-state index contributed by atoms with van der Waals surface area (Å²) in [5.74, 6) is 0.253. The maximum absolute atomic E-state index is 13.1. The van der Waals surface area contributed by atoms with Crippen molar-refractivity contribution in [2.45, 2.75) is 33.4 Å². The zero-order valence-corrected chi connectivity index (χ0v) is 18.8. The lowest BCUT2D eigenvalue weighted by molar-refractivity contribution is -0.136. The number of halogens is 2. The highest BCUT2D eigenvalue weighted by atomic mass is 35.5. The number of hydrogen-bond donors (Lipinski definition) is 1. The van der Waals surface area contributed by atoms with Crippen molar-refractivity contribution in [3.8, 4) is 0 Å². The van der Waals surface area contributed by atoms with Crippen molar-refractivity contribution in [3.05, 3.63) is 51.3 Å². The summed E-state index contributed by atoms with van der Waals surface area (Å²) >= 11 is 12.0. The van der Waals surface area contributed by atoms with Crippen LogP contribution in [0.2, 0.25) is 10.0 Å². The van der Waals surface area contributed by atoms with Crippen LogP contribution >= 0.6 is 23.2 Å². The highest BCUT2D eigenvalue weighted by molar-refractivity contribution is 6.36. The van der Waals surface area contributed by atoms with Gasteiger partial charge in [-0.3, -0.25) is 14.5 Å². The van der Waals surface area contributed by atoms with E-state index in [1.54, 1.807) is 17.0 Å². The zero-order chi connectivity index (χ0) is 21.8. The Bertz CT molecular complexity index is 907. The lowest BCUT2D eigenvalue weighted by Gasteiger charge is -2.37. The van der Waals surface area contributed by atoms with Crippen molar-refractivity contribution in [1.29, 1.82) is 0 Å². The highest BCUT2D eigenvalue weighted by Gasteiger charge is 2.31. The first-order valence-electron chi connectivity index (χ1n) is 9.94. The Morgan fingerprint density at radius 1 is 1.17 bits per heavy atom. The van der Waals surface area contributed by atoms with Gasteiger partial charge in [0.25, 0.3) is 5.91 Å². The first kappa shape index (κ1) is 22.6. The van der Waals surface area contributed by atoms with Crippen LogP contribution in [0.15, 0.2) is 28.8 Å². The Labute approximate surface area is 186 Å². The molecule has 1 saturated heterocycles. The third kappa shape index (κ3) is 5.53. The Kier molecular flexibility index (Phi) is 7.39. The summed E-state index contributed by atoms with van der Waals surface area (Å²) in [5.41, 5.74) is 1.19. The molecule has 0 bridgehead atoms. The van der Waals surface area contributed by atoms with E-state index in [0.717, 1.165) is 24.5 Å². The minimum absolute atomic E-state index is 0.0661. The minimum atomic E-state index is -0.631. The van der Waals surface area contributed by atoms with Crippen LogP contribution in [0.4, 0.5) is 0 Å². The smallest absolute Gasteiger partial charge is 0.253 e. The van der Waals surface area contributed by atoms with Crippen molar-refractivity contribution in [2.24, 2.45) is 5.92 Å². The third-order valence-electron chi connectivity index (χ3n) is 5.14. The molecule has 1 atom stereocenters. The van der Waals surface area contributed by atoms with Crippen LogP contribution in [0, 0.1) is 12.8 Å². The van der Waals surface area contributed by atoms with Crippen LogP contribution in [0.25, 0.3) is 0 Å². The molecule has 1 aromatic heterocycles. The number of carbonyl (C=O) groups excluding carboxylic acids is 2. The van der Waals surface area contributed by atoms with E-state index in [-0.39, 0.29) is 22.8 Å². The van der Waals surface area contributed by atoms with Crippen LogP contribution in [-0.4, -0.2) is 59.0 Å². The molecule has 0 saturated carbocycles. The topological polar surface area (TPSA) is 78.7 Å². The molecule has 2 aromatic rings. The number of amides is 2. The summed E-state index contributed by atoms with van der Waals surface area (Å²) in [6.07, 6.45) is 0. The SMILES string of the molecule is Cc1cc(CN2CCN(C(=O)C(NC(=O)c3ccc(Cl)cc3Cl)C(C)C)CC2)no1. The fraction of sp³-hybridized carbons (Fsp3) is 0.476. The van der Waals surface area contributed by atoms with E-state index in [2.05, 4.69) is 15.4 Å². The summed E-state index contributed by atoms with van der Waals surface area (Å²) in [5, 5.41) is 7.58. The highest BCUT2D eigenvalue weighted by Crippen LogP contribution is 2.21. The number of nitrogens with one attached hydrogen (secondary N) is 1. The molecule has 1 aliphatic heterocycles. The van der Waals surface area contributed by atoms with Crippen molar-refractivity contribution in [1.82, 2.24) is 20.3 Å².